The topological polar surface area (TPSA) is 69.3 Å². The van der Waals surface area contributed by atoms with E-state index in [9.17, 15) is 13.2 Å². The Morgan fingerprint density at radius 2 is 1.70 bits per heavy atom. The zero-order valence-corrected chi connectivity index (χ0v) is 27.3. The van der Waals surface area contributed by atoms with Gasteiger partial charge in [-0.05, 0) is 86.2 Å². The Balaban J connectivity index is 1.31. The molecule has 0 spiro atoms. The van der Waals surface area contributed by atoms with E-state index in [-0.39, 0.29) is 5.75 Å². The molecule has 11 heteroatoms. The van der Waals surface area contributed by atoms with Crippen LogP contribution in [0, 0.1) is 13.8 Å². The Kier molecular flexibility index (Phi) is 9.34. The van der Waals surface area contributed by atoms with Crippen molar-refractivity contribution in [1.82, 2.24) is 24.6 Å². The predicted octanol–water partition coefficient (Wildman–Crippen LogP) is 8.84. The second kappa shape index (κ2) is 13.2. The molecule has 0 saturated carbocycles. The zero-order valence-electron chi connectivity index (χ0n) is 26.5. The first kappa shape index (κ1) is 32.5. The summed E-state index contributed by atoms with van der Waals surface area (Å²) in [5, 5.41) is 9.95. The highest BCUT2D eigenvalue weighted by Gasteiger charge is 2.31. The third-order valence-corrected chi connectivity index (χ3v) is 8.47. The number of aromatic nitrogens is 4. The van der Waals surface area contributed by atoms with E-state index >= 15 is 0 Å². The number of halogens is 3. The molecule has 2 heterocycles. The zero-order chi connectivity index (χ0) is 33.2. The molecule has 5 aromatic rings. The van der Waals surface area contributed by atoms with Crippen LogP contribution in [0.5, 0.6) is 5.75 Å². The number of thiazole rings is 1. The summed E-state index contributed by atoms with van der Waals surface area (Å²) in [6, 6.07) is 19.6. The van der Waals surface area contributed by atoms with E-state index < -0.39 is 6.36 Å². The SMILES string of the molecule is C=C(N=c1scc(C)n1-c1cccc(C)c1C(C)C)N/C(C)=C(\C)c1ccc(-c2ncn(-c3ccc(OC(F)(F)F)cc3)n2)cc1. The van der Waals surface area contributed by atoms with Gasteiger partial charge in [0.2, 0.25) is 0 Å². The number of aryl methyl sites for hydroxylation is 2. The number of nitrogens with zero attached hydrogens (tertiary/aromatic N) is 5. The number of hydrogen-bond donors (Lipinski definition) is 1. The van der Waals surface area contributed by atoms with Crippen molar-refractivity contribution in [1.29, 1.82) is 0 Å². The number of nitrogens with one attached hydrogen (secondary N) is 1. The van der Waals surface area contributed by atoms with Crippen molar-refractivity contribution in [2.75, 3.05) is 0 Å². The first-order chi connectivity index (χ1) is 21.8. The van der Waals surface area contributed by atoms with Crippen LogP contribution in [0.3, 0.4) is 0 Å². The molecule has 46 heavy (non-hydrogen) atoms. The van der Waals surface area contributed by atoms with Crippen molar-refractivity contribution in [2.24, 2.45) is 4.99 Å². The second-order valence-corrected chi connectivity index (χ2v) is 12.1. The molecule has 7 nitrogen and oxygen atoms in total. The number of allylic oxidation sites excluding steroid dienone is 2. The van der Waals surface area contributed by atoms with E-state index in [1.54, 1.807) is 11.3 Å². The fourth-order valence-electron chi connectivity index (χ4n) is 5.23. The lowest BCUT2D eigenvalue weighted by atomic mass is 9.96. The summed E-state index contributed by atoms with van der Waals surface area (Å²) in [4.78, 5) is 10.1. The maximum Gasteiger partial charge on any atom is 0.573 e. The first-order valence-electron chi connectivity index (χ1n) is 14.6. The molecule has 0 bridgehead atoms. The molecule has 0 amide bonds. The summed E-state index contributed by atoms with van der Waals surface area (Å²) in [5.74, 6) is 1.09. The Morgan fingerprint density at radius 3 is 2.35 bits per heavy atom. The fourth-order valence-corrected chi connectivity index (χ4v) is 6.13. The minimum Gasteiger partial charge on any atom is -0.406 e. The quantitative estimate of drug-likeness (QED) is 0.174. The third-order valence-electron chi connectivity index (χ3n) is 7.53. The van der Waals surface area contributed by atoms with E-state index in [0.717, 1.165) is 38.6 Å². The van der Waals surface area contributed by atoms with Crippen molar-refractivity contribution in [3.05, 3.63) is 124 Å². The van der Waals surface area contributed by atoms with Crippen LogP contribution < -0.4 is 14.9 Å². The van der Waals surface area contributed by atoms with E-state index in [2.05, 4.69) is 82.6 Å². The van der Waals surface area contributed by atoms with Gasteiger partial charge in [-0.3, -0.25) is 4.57 Å². The standard InChI is InChI=1S/C35H35F3N6OS/c1-21(2)32-22(3)9-8-10-31(32)44-23(4)19-46-34(44)41-26(7)40-25(6)24(5)27-11-13-28(14-12-27)33-39-20-43(42-33)29-15-17-30(18-16-29)45-35(36,37)38/h8-21,40H,7H2,1-6H3/b25-24+,41-34?. The van der Waals surface area contributed by atoms with Crippen LogP contribution in [0.25, 0.3) is 28.3 Å². The lowest BCUT2D eigenvalue weighted by Crippen LogP contribution is -2.19. The van der Waals surface area contributed by atoms with Gasteiger partial charge in [0, 0.05) is 22.3 Å². The number of rotatable bonds is 9. The lowest BCUT2D eigenvalue weighted by Gasteiger charge is -2.18. The summed E-state index contributed by atoms with van der Waals surface area (Å²) in [7, 11) is 0. The molecule has 0 unspecified atom stereocenters. The highest BCUT2D eigenvalue weighted by atomic mass is 32.1. The summed E-state index contributed by atoms with van der Waals surface area (Å²) >= 11 is 1.58. The van der Waals surface area contributed by atoms with Gasteiger partial charge in [-0.2, -0.15) is 0 Å². The molecule has 2 aromatic heterocycles. The van der Waals surface area contributed by atoms with Gasteiger partial charge in [-0.1, -0.05) is 56.8 Å². The first-order valence-corrected chi connectivity index (χ1v) is 15.5. The minimum atomic E-state index is -4.74. The molecule has 238 valence electrons. The Morgan fingerprint density at radius 1 is 1.00 bits per heavy atom. The molecule has 5 rings (SSSR count). The molecular formula is C35H35F3N6OS. The van der Waals surface area contributed by atoms with Gasteiger partial charge in [0.25, 0.3) is 0 Å². The van der Waals surface area contributed by atoms with Crippen LogP contribution in [0.1, 0.15) is 56.0 Å². The summed E-state index contributed by atoms with van der Waals surface area (Å²) in [6.07, 6.45) is -3.23. The van der Waals surface area contributed by atoms with Gasteiger partial charge in [0.05, 0.1) is 11.4 Å². The van der Waals surface area contributed by atoms with Crippen LogP contribution in [0.4, 0.5) is 13.2 Å². The molecule has 1 N–H and O–H groups in total. The van der Waals surface area contributed by atoms with Crippen LogP contribution in [-0.4, -0.2) is 25.7 Å². The van der Waals surface area contributed by atoms with Gasteiger partial charge < -0.3 is 10.1 Å². The molecule has 0 saturated heterocycles. The van der Waals surface area contributed by atoms with Crippen LogP contribution in [-0.2, 0) is 0 Å². The Bertz CT molecular complexity index is 1960. The number of alkyl halides is 3. The van der Waals surface area contributed by atoms with Gasteiger partial charge in [0.1, 0.15) is 17.9 Å². The molecule has 0 fully saturated rings. The van der Waals surface area contributed by atoms with Gasteiger partial charge in [-0.15, -0.1) is 29.6 Å². The average molecular weight is 645 g/mol. The highest BCUT2D eigenvalue weighted by Crippen LogP contribution is 2.28. The number of benzene rings is 3. The largest absolute Gasteiger partial charge is 0.573 e. The maximum absolute atomic E-state index is 12.5. The van der Waals surface area contributed by atoms with E-state index in [1.807, 2.05) is 38.1 Å². The number of hydrogen-bond acceptors (Lipinski definition) is 6. The van der Waals surface area contributed by atoms with Crippen molar-refractivity contribution in [3.63, 3.8) is 0 Å². The Hall–Kier alpha value is -4.90. The molecular weight excluding hydrogens is 609 g/mol. The smallest absolute Gasteiger partial charge is 0.406 e. The second-order valence-electron chi connectivity index (χ2n) is 11.2. The fraction of sp³-hybridized carbons (Fsp3) is 0.229. The van der Waals surface area contributed by atoms with Crippen molar-refractivity contribution >= 4 is 16.9 Å². The molecule has 0 aliphatic heterocycles. The van der Waals surface area contributed by atoms with Crippen molar-refractivity contribution in [2.45, 2.75) is 53.8 Å². The van der Waals surface area contributed by atoms with Crippen LogP contribution in [0.2, 0.25) is 0 Å². The van der Waals surface area contributed by atoms with E-state index in [0.29, 0.717) is 23.3 Å². The third kappa shape index (κ3) is 7.31. The number of ether oxygens (including phenoxy) is 1. The average Bonchev–Trinajstić information content (AvgIpc) is 3.63. The monoisotopic (exact) mass is 644 g/mol. The molecule has 0 radical (unpaired) electrons. The summed E-state index contributed by atoms with van der Waals surface area (Å²) < 4.78 is 45.0. The van der Waals surface area contributed by atoms with E-state index in [4.69, 9.17) is 4.99 Å². The molecule has 0 aliphatic carbocycles. The van der Waals surface area contributed by atoms with Gasteiger partial charge >= 0.3 is 6.36 Å². The van der Waals surface area contributed by atoms with Crippen molar-refractivity contribution in [3.8, 4) is 28.5 Å². The summed E-state index contributed by atoms with van der Waals surface area (Å²) in [6.45, 7) is 16.9. The van der Waals surface area contributed by atoms with E-state index in [1.165, 1.54) is 46.4 Å². The molecule has 0 aliphatic rings. The maximum atomic E-state index is 12.5. The highest BCUT2D eigenvalue weighted by molar-refractivity contribution is 7.07. The minimum absolute atomic E-state index is 0.301. The summed E-state index contributed by atoms with van der Waals surface area (Å²) in [5.41, 5.74) is 9.10. The lowest BCUT2D eigenvalue weighted by molar-refractivity contribution is -0.274. The molecule has 0 atom stereocenters. The van der Waals surface area contributed by atoms with Crippen LogP contribution >= 0.6 is 11.3 Å². The predicted molar refractivity (Wildman–Crippen MR) is 177 cm³/mol. The van der Waals surface area contributed by atoms with Gasteiger partial charge in [-0.25, -0.2) is 14.7 Å². The van der Waals surface area contributed by atoms with Crippen LogP contribution in [0.15, 0.2) is 102 Å². The van der Waals surface area contributed by atoms with Gasteiger partial charge in [0.15, 0.2) is 10.6 Å². The Labute approximate surface area is 270 Å². The molecule has 3 aromatic carbocycles. The normalized spacial score (nSPS) is 12.8. The van der Waals surface area contributed by atoms with Crippen molar-refractivity contribution < 1.29 is 17.9 Å².